The van der Waals surface area contributed by atoms with Gasteiger partial charge in [-0.1, -0.05) is 91.8 Å². The van der Waals surface area contributed by atoms with Gasteiger partial charge in [-0.15, -0.1) is 31.3 Å². The monoisotopic (exact) mass is 1470 g/mol. The Morgan fingerprint density at radius 3 is 1.16 bits per heavy atom. The van der Waals surface area contributed by atoms with Crippen molar-refractivity contribution >= 4 is 36.0 Å². The van der Waals surface area contributed by atoms with E-state index in [1.54, 1.807) is 6.92 Å². The molecule has 0 aromatic carbocycles. The number of hydrogen-bond donors (Lipinski definition) is 3. The first kappa shape index (κ1) is 123. The molecule has 0 aromatic heterocycles. The lowest BCUT2D eigenvalue weighted by atomic mass is 10.1. The van der Waals surface area contributed by atoms with Gasteiger partial charge in [-0.25, -0.2) is 55.7 Å². The number of hydrogen-bond acceptors (Lipinski definition) is 19. The first-order valence-corrected chi connectivity index (χ1v) is 23.3. The van der Waals surface area contributed by atoms with Crippen LogP contribution in [0.15, 0.2) is 24.3 Å². The Labute approximate surface area is 538 Å². The molecule has 0 bridgehead atoms. The molecule has 0 spiro atoms. The Morgan fingerprint density at radius 1 is 0.432 bits per heavy atom. The topological polar surface area (TPSA) is 258 Å². The van der Waals surface area contributed by atoms with Gasteiger partial charge < -0.3 is 44.4 Å². The molecule has 0 aliphatic heterocycles. The molecule has 0 heterocycles. The third-order valence-electron chi connectivity index (χ3n) is 7.26. The number of carbonyl (C=O) groups excluding carboxylic acids is 6. The Bertz CT molecular complexity index is 1930. The summed E-state index contributed by atoms with van der Waals surface area (Å²) in [6, 6.07) is 0. The van der Waals surface area contributed by atoms with E-state index in [4.69, 9.17) is 4.74 Å². The van der Waals surface area contributed by atoms with Crippen LogP contribution in [-0.2, 0) is 81.0 Å². The number of carbonyl (C=O) groups is 6. The second-order valence-corrected chi connectivity index (χ2v) is 14.7. The van der Waals surface area contributed by atoms with E-state index in [0.717, 1.165) is 0 Å². The van der Waals surface area contributed by atoms with E-state index < -0.39 is 101 Å². The van der Waals surface area contributed by atoms with E-state index in [1.807, 2.05) is 10.1 Å². The quantitative estimate of drug-likeness (QED) is 0.0130. The van der Waals surface area contributed by atoms with Gasteiger partial charge in [0.05, 0.1) is 33.5 Å². The van der Waals surface area contributed by atoms with Gasteiger partial charge in [0.25, 0.3) is 0 Å². The summed E-state index contributed by atoms with van der Waals surface area (Å²) in [5.74, 6) is -1.45. The van der Waals surface area contributed by atoms with Crippen LogP contribution in [0.2, 0.25) is 0 Å². The zero-order chi connectivity index (χ0) is 69.4. The molecular formula is C51H95F22N3O19. The van der Waals surface area contributed by atoms with Crippen molar-refractivity contribution in [3.8, 4) is 0 Å². The number of ether oxygens (including phenoxy) is 12. The van der Waals surface area contributed by atoms with Gasteiger partial charge in [-0.3, -0.25) is 23.5 Å². The van der Waals surface area contributed by atoms with Crippen LogP contribution in [0.1, 0.15) is 126 Å². The Balaban J connectivity index is -0.0000000761. The van der Waals surface area contributed by atoms with E-state index in [-0.39, 0.29) is 136 Å². The summed E-state index contributed by atoms with van der Waals surface area (Å²) >= 11 is 0. The van der Waals surface area contributed by atoms with Crippen LogP contribution in [0.4, 0.5) is 106 Å². The summed E-state index contributed by atoms with van der Waals surface area (Å²) in [6.45, 7) is 4.83. The van der Waals surface area contributed by atoms with Crippen molar-refractivity contribution in [2.75, 3.05) is 101 Å². The number of esters is 3. The van der Waals surface area contributed by atoms with Crippen LogP contribution < -0.4 is 16.0 Å². The molecule has 44 heteroatoms. The van der Waals surface area contributed by atoms with E-state index in [1.165, 1.54) is 39.9 Å². The van der Waals surface area contributed by atoms with Crippen LogP contribution in [0.25, 0.3) is 0 Å². The molecule has 95 heavy (non-hydrogen) atoms. The van der Waals surface area contributed by atoms with Crippen molar-refractivity contribution < 1.29 is 187 Å². The summed E-state index contributed by atoms with van der Waals surface area (Å²) in [5, 5.41) is 6.75. The minimum atomic E-state index is -6.39. The van der Waals surface area contributed by atoms with Gasteiger partial charge in [0.1, 0.15) is 33.2 Å². The smallest absolute Gasteiger partial charge is 0.469 e. The predicted octanol–water partition coefficient (Wildman–Crippen LogP) is 15.4. The Morgan fingerprint density at radius 2 is 0.789 bits per heavy atom. The molecule has 0 radical (unpaired) electrons. The highest BCUT2D eigenvalue weighted by molar-refractivity contribution is 5.87. The summed E-state index contributed by atoms with van der Waals surface area (Å²) in [5.41, 5.74) is 0.646. The molecule has 0 saturated heterocycles. The number of nitrogens with one attached hydrogen (secondary N) is 3. The van der Waals surface area contributed by atoms with E-state index in [2.05, 4.69) is 71.2 Å². The molecular weight excluding hydrogens is 1380 g/mol. The number of rotatable bonds is 37. The normalized spacial score (nSPS) is 10.7. The van der Waals surface area contributed by atoms with Crippen LogP contribution >= 0.6 is 0 Å². The highest BCUT2D eigenvalue weighted by Crippen LogP contribution is 2.44. The highest BCUT2D eigenvalue weighted by atomic mass is 19.4. The summed E-state index contributed by atoms with van der Waals surface area (Å²) in [6.07, 6.45) is -47.0. The number of unbranched alkanes of at least 4 members (excludes halogenated alkanes) is 4. The minimum Gasteiger partial charge on any atom is -0.469 e. The summed E-state index contributed by atoms with van der Waals surface area (Å²) < 4.78 is 308. The molecule has 0 fully saturated rings. The second-order valence-electron chi connectivity index (χ2n) is 14.7. The maximum Gasteiger partial charge on any atom is 0.497 e. The first-order valence-electron chi connectivity index (χ1n) is 23.3. The molecule has 0 unspecified atom stereocenters. The number of methoxy groups -OCH3 is 2. The Hall–Kier alpha value is -5.96. The molecule has 0 aliphatic rings. The van der Waals surface area contributed by atoms with Crippen LogP contribution in [0, 0.1) is 0 Å². The highest BCUT2D eigenvalue weighted by Gasteiger charge is 2.69. The van der Waals surface area contributed by atoms with Crippen molar-refractivity contribution in [2.45, 2.75) is 175 Å². The second kappa shape index (κ2) is 65.3. The van der Waals surface area contributed by atoms with Crippen molar-refractivity contribution in [3.63, 3.8) is 0 Å². The lowest BCUT2D eigenvalue weighted by Crippen LogP contribution is -2.53. The first-order chi connectivity index (χ1) is 39.8. The number of alkyl carbamates (subject to hydrolysis) is 2. The number of halogens is 22. The molecule has 3 N–H and O–H groups in total. The standard InChI is InChI=1S/C16H22F9NO7.C9H14FNO4.C8H13NO3.C5H2F10O4.C3H7FO.C2H5F.8CH4/c1-29-11(27)7-5-3-2-4-6-8-26-12(28)30-9-13(18,19)32-14(20,21)15(22,23)33-16(24,25)31-10-17;1-7(2)8(12)14-6-4-11-9(13)15-5-3-10;1-6(2)8(11)12-5-4-9-7(3)10;6-1-16-4(11,12)18-5(13,14)17-2(7,8)3(9,10)19-15;1-5-3-2-4;1-2-3;;;;;;;;/h2-10H2,1H3,(H,26,28);1,3-6H2,2H3,(H,11,13);1,4-5H2,2-3H3,(H,9,10);1H2;2-3H2,1H3;2H2,1H3;8*1H4. The Kier molecular flexibility index (Phi) is 84.3. The average molecular weight is 1470 g/mol. The lowest BCUT2D eigenvalue weighted by Gasteiger charge is -2.30. The number of amides is 3. The fraction of sp³-hybridized carbons (Fsp3) is 0.804. The van der Waals surface area contributed by atoms with E-state index in [0.29, 0.717) is 44.2 Å². The SMILES string of the molecule is C.C.C.C.C.C.C.C.C=C(C)C(=O)OCCNC(=O)OCCF.C=C(C)C(=O)OCCNC(C)=O.CCF.COC(=O)CCCCCCCNC(=O)OCC(F)(F)OC(F)(F)C(F)(F)OC(F)(F)OCF.COCCF.FCOC(F)(F)OC(F)(F)OC(F)(F)C(F)(F)OF. The van der Waals surface area contributed by atoms with Crippen molar-refractivity contribution in [2.24, 2.45) is 0 Å². The predicted molar refractivity (Wildman–Crippen MR) is 298 cm³/mol. The molecule has 3 amide bonds. The van der Waals surface area contributed by atoms with Gasteiger partial charge >= 0.3 is 79.5 Å². The number of alkyl halides is 21. The fourth-order valence-corrected chi connectivity index (χ4v) is 3.67. The van der Waals surface area contributed by atoms with Gasteiger partial charge in [0, 0.05) is 38.1 Å². The largest absolute Gasteiger partial charge is 0.497 e. The van der Waals surface area contributed by atoms with E-state index >= 15 is 0 Å². The van der Waals surface area contributed by atoms with E-state index in [9.17, 15) is 125 Å². The molecule has 0 rings (SSSR count). The van der Waals surface area contributed by atoms with Crippen LogP contribution in [0.3, 0.4) is 0 Å². The maximum absolute atomic E-state index is 13.3. The molecule has 0 atom stereocenters. The van der Waals surface area contributed by atoms with Crippen LogP contribution in [-0.4, -0.2) is 186 Å². The molecule has 0 aromatic rings. The minimum absolute atomic E-state index is 0. The summed E-state index contributed by atoms with van der Waals surface area (Å²) in [4.78, 5) is 66.2. The van der Waals surface area contributed by atoms with Crippen molar-refractivity contribution in [1.29, 1.82) is 0 Å². The van der Waals surface area contributed by atoms with Crippen LogP contribution in [0.5, 0.6) is 0 Å². The molecule has 22 nitrogen and oxygen atoms in total. The molecule has 0 saturated carbocycles. The lowest BCUT2D eigenvalue weighted by molar-refractivity contribution is -0.587. The third-order valence-corrected chi connectivity index (χ3v) is 7.26. The fourth-order valence-electron chi connectivity index (χ4n) is 3.67. The van der Waals surface area contributed by atoms with Gasteiger partial charge in [0.2, 0.25) is 5.91 Å². The third kappa shape index (κ3) is 73.7. The summed E-state index contributed by atoms with van der Waals surface area (Å²) in [7, 11) is 2.72. The maximum atomic E-state index is 13.3. The van der Waals surface area contributed by atoms with Gasteiger partial charge in [-0.05, 0) is 38.1 Å². The average Bonchev–Trinajstić information content (AvgIpc) is 0.805. The van der Waals surface area contributed by atoms with Crippen molar-refractivity contribution in [1.82, 2.24) is 16.0 Å². The zero-order valence-corrected chi connectivity index (χ0v) is 46.4. The molecule has 582 valence electrons. The zero-order valence-electron chi connectivity index (χ0n) is 46.4. The van der Waals surface area contributed by atoms with Gasteiger partial charge in [-0.2, -0.15) is 43.9 Å². The van der Waals surface area contributed by atoms with Gasteiger partial charge in [0.15, 0.2) is 20.3 Å². The molecule has 0 aliphatic carbocycles. The van der Waals surface area contributed by atoms with Crippen molar-refractivity contribution in [3.05, 3.63) is 24.3 Å².